The highest BCUT2D eigenvalue weighted by molar-refractivity contribution is 5.95. The summed E-state index contributed by atoms with van der Waals surface area (Å²) in [4.78, 5) is 32.0. The minimum absolute atomic E-state index is 0.0717. The first kappa shape index (κ1) is 20.2. The molecule has 5 rings (SSSR count). The quantitative estimate of drug-likeness (QED) is 0.481. The highest BCUT2D eigenvalue weighted by Crippen LogP contribution is 2.27. The number of likely N-dealkylation sites (tertiary alicyclic amines) is 1. The Morgan fingerprint density at radius 1 is 0.969 bits per heavy atom. The van der Waals surface area contributed by atoms with Crippen LogP contribution in [0.5, 0.6) is 0 Å². The molecule has 0 saturated carbocycles. The molecule has 0 aliphatic carbocycles. The van der Waals surface area contributed by atoms with Crippen LogP contribution in [-0.2, 0) is 6.42 Å². The SMILES string of the molecule is O=C(c1ccnc(-c2cncnc2)c1)N1CCC[C@H](Cc2cccc3cnccc23)CC1. The monoisotopic (exact) mass is 423 g/mol. The number of pyridine rings is 2. The third-order valence-electron chi connectivity index (χ3n) is 6.28. The van der Waals surface area contributed by atoms with Gasteiger partial charge in [0.05, 0.1) is 5.69 Å². The normalized spacial score (nSPS) is 16.6. The lowest BCUT2D eigenvalue weighted by molar-refractivity contribution is 0.0760. The Labute approximate surface area is 187 Å². The molecule has 0 spiro atoms. The molecule has 1 amide bonds. The van der Waals surface area contributed by atoms with Gasteiger partial charge < -0.3 is 4.90 Å². The summed E-state index contributed by atoms with van der Waals surface area (Å²) in [5, 5.41) is 2.47. The van der Waals surface area contributed by atoms with E-state index >= 15 is 0 Å². The second-order valence-corrected chi connectivity index (χ2v) is 8.36. The molecule has 1 saturated heterocycles. The fourth-order valence-corrected chi connectivity index (χ4v) is 4.59. The van der Waals surface area contributed by atoms with Crippen molar-refractivity contribution in [2.24, 2.45) is 5.92 Å². The number of amides is 1. The Morgan fingerprint density at radius 3 is 2.78 bits per heavy atom. The number of benzene rings is 1. The van der Waals surface area contributed by atoms with Crippen molar-refractivity contribution in [3.63, 3.8) is 0 Å². The number of nitrogens with zero attached hydrogens (tertiary/aromatic N) is 5. The van der Waals surface area contributed by atoms with Gasteiger partial charge in [-0.3, -0.25) is 14.8 Å². The van der Waals surface area contributed by atoms with E-state index in [1.165, 1.54) is 22.7 Å². The second kappa shape index (κ2) is 9.22. The van der Waals surface area contributed by atoms with Gasteiger partial charge in [0, 0.05) is 60.6 Å². The first-order chi connectivity index (χ1) is 15.8. The fourth-order valence-electron chi connectivity index (χ4n) is 4.59. The lowest BCUT2D eigenvalue weighted by atomic mass is 9.90. The van der Waals surface area contributed by atoms with Crippen LogP contribution in [0.25, 0.3) is 22.0 Å². The number of hydrogen-bond donors (Lipinski definition) is 0. The molecule has 1 aliphatic heterocycles. The van der Waals surface area contributed by atoms with Crippen molar-refractivity contribution >= 4 is 16.7 Å². The average Bonchev–Trinajstić information content (AvgIpc) is 3.10. The van der Waals surface area contributed by atoms with Gasteiger partial charge in [0.2, 0.25) is 0 Å². The average molecular weight is 424 g/mol. The molecule has 32 heavy (non-hydrogen) atoms. The number of fused-ring (bicyclic) bond motifs is 1. The minimum atomic E-state index is 0.0717. The van der Waals surface area contributed by atoms with Crippen molar-refractivity contribution in [3.05, 3.63) is 84.8 Å². The van der Waals surface area contributed by atoms with Crippen LogP contribution in [0.15, 0.2) is 73.7 Å². The van der Waals surface area contributed by atoms with Crippen molar-refractivity contribution in [1.82, 2.24) is 24.8 Å². The van der Waals surface area contributed by atoms with Gasteiger partial charge in [0.15, 0.2) is 0 Å². The van der Waals surface area contributed by atoms with Crippen molar-refractivity contribution in [3.8, 4) is 11.3 Å². The molecule has 1 aliphatic rings. The van der Waals surface area contributed by atoms with Gasteiger partial charge in [-0.25, -0.2) is 9.97 Å². The van der Waals surface area contributed by atoms with Crippen molar-refractivity contribution < 1.29 is 4.79 Å². The van der Waals surface area contributed by atoms with Crippen LogP contribution in [0, 0.1) is 5.92 Å². The zero-order valence-electron chi connectivity index (χ0n) is 17.9. The molecule has 6 heteroatoms. The van der Waals surface area contributed by atoms with Gasteiger partial charge in [0.1, 0.15) is 6.33 Å². The van der Waals surface area contributed by atoms with Gasteiger partial charge in [-0.05, 0) is 60.7 Å². The molecule has 0 bridgehead atoms. The smallest absolute Gasteiger partial charge is 0.253 e. The number of aromatic nitrogens is 4. The maximum absolute atomic E-state index is 13.2. The highest BCUT2D eigenvalue weighted by Gasteiger charge is 2.22. The number of rotatable bonds is 4. The summed E-state index contributed by atoms with van der Waals surface area (Å²) in [7, 11) is 0. The molecular weight excluding hydrogens is 398 g/mol. The maximum Gasteiger partial charge on any atom is 0.253 e. The summed E-state index contributed by atoms with van der Waals surface area (Å²) in [5.41, 5.74) is 3.57. The fraction of sp³-hybridized carbons (Fsp3) is 0.269. The predicted molar refractivity (Wildman–Crippen MR) is 124 cm³/mol. The molecule has 6 nitrogen and oxygen atoms in total. The van der Waals surface area contributed by atoms with Gasteiger partial charge >= 0.3 is 0 Å². The van der Waals surface area contributed by atoms with E-state index in [1.807, 2.05) is 23.4 Å². The summed E-state index contributed by atoms with van der Waals surface area (Å²) < 4.78 is 0. The molecule has 0 N–H and O–H groups in total. The van der Waals surface area contributed by atoms with E-state index in [1.54, 1.807) is 24.7 Å². The van der Waals surface area contributed by atoms with Crippen LogP contribution in [0.2, 0.25) is 0 Å². The minimum Gasteiger partial charge on any atom is -0.339 e. The summed E-state index contributed by atoms with van der Waals surface area (Å²) >= 11 is 0. The van der Waals surface area contributed by atoms with Crippen LogP contribution >= 0.6 is 0 Å². The van der Waals surface area contributed by atoms with E-state index in [4.69, 9.17) is 0 Å². The molecular formula is C26H25N5O. The van der Waals surface area contributed by atoms with Gasteiger partial charge in [-0.2, -0.15) is 0 Å². The Morgan fingerprint density at radius 2 is 1.88 bits per heavy atom. The lowest BCUT2D eigenvalue weighted by Gasteiger charge is -2.21. The van der Waals surface area contributed by atoms with Gasteiger partial charge in [-0.1, -0.05) is 18.2 Å². The van der Waals surface area contributed by atoms with Crippen LogP contribution in [0.3, 0.4) is 0 Å². The number of hydrogen-bond acceptors (Lipinski definition) is 5. The van der Waals surface area contributed by atoms with Crippen LogP contribution in [0.1, 0.15) is 35.2 Å². The summed E-state index contributed by atoms with van der Waals surface area (Å²) in [6.07, 6.45) is 14.6. The number of carbonyl (C=O) groups excluding carboxylic acids is 1. The standard InChI is InChI=1S/C26H25N5O/c32-26(21-6-10-30-25(14-21)23-16-28-18-29-17-23)31-11-2-3-19(8-12-31)13-20-4-1-5-22-15-27-9-7-24(20)22/h1,4-7,9-10,14-19H,2-3,8,11-13H2/t19-/m0/s1. The Hall–Kier alpha value is -3.67. The summed E-state index contributed by atoms with van der Waals surface area (Å²) in [5.74, 6) is 0.642. The zero-order valence-corrected chi connectivity index (χ0v) is 17.9. The first-order valence-corrected chi connectivity index (χ1v) is 11.1. The van der Waals surface area contributed by atoms with Crippen LogP contribution in [0.4, 0.5) is 0 Å². The number of carbonyl (C=O) groups is 1. The molecule has 160 valence electrons. The highest BCUT2D eigenvalue weighted by atomic mass is 16.2. The van der Waals surface area contributed by atoms with Crippen molar-refractivity contribution in [1.29, 1.82) is 0 Å². The molecule has 4 aromatic rings. The topological polar surface area (TPSA) is 71.9 Å². The molecule has 1 atom stereocenters. The lowest BCUT2D eigenvalue weighted by Crippen LogP contribution is -2.32. The molecule has 0 radical (unpaired) electrons. The van der Waals surface area contributed by atoms with Crippen molar-refractivity contribution in [2.75, 3.05) is 13.1 Å². The third kappa shape index (κ3) is 4.35. The summed E-state index contributed by atoms with van der Waals surface area (Å²) in [6.45, 7) is 1.57. The maximum atomic E-state index is 13.2. The van der Waals surface area contributed by atoms with E-state index in [2.05, 4.69) is 44.2 Å². The molecule has 1 fully saturated rings. The van der Waals surface area contributed by atoms with E-state index in [0.717, 1.165) is 50.0 Å². The van der Waals surface area contributed by atoms with E-state index in [9.17, 15) is 4.79 Å². The van der Waals surface area contributed by atoms with Crippen molar-refractivity contribution in [2.45, 2.75) is 25.7 Å². The van der Waals surface area contributed by atoms with E-state index in [0.29, 0.717) is 11.5 Å². The molecule has 1 aromatic carbocycles. The summed E-state index contributed by atoms with van der Waals surface area (Å²) in [6, 6.07) is 12.2. The molecule has 3 aromatic heterocycles. The van der Waals surface area contributed by atoms with Gasteiger partial charge in [0.25, 0.3) is 5.91 Å². The largest absolute Gasteiger partial charge is 0.339 e. The van der Waals surface area contributed by atoms with E-state index in [-0.39, 0.29) is 5.91 Å². The Kier molecular flexibility index (Phi) is 5.83. The predicted octanol–water partition coefficient (Wildman–Crippen LogP) is 4.57. The second-order valence-electron chi connectivity index (χ2n) is 8.36. The molecule has 4 heterocycles. The molecule has 0 unspecified atom stereocenters. The Balaban J connectivity index is 1.28. The van der Waals surface area contributed by atoms with Gasteiger partial charge in [-0.15, -0.1) is 0 Å². The van der Waals surface area contributed by atoms with Crippen LogP contribution < -0.4 is 0 Å². The zero-order chi connectivity index (χ0) is 21.8. The Bertz CT molecular complexity index is 1220. The van der Waals surface area contributed by atoms with E-state index < -0.39 is 0 Å². The third-order valence-corrected chi connectivity index (χ3v) is 6.28. The van der Waals surface area contributed by atoms with Crippen LogP contribution in [-0.4, -0.2) is 43.8 Å². The first-order valence-electron chi connectivity index (χ1n) is 11.1.